The number of nitrogens with one attached hydrogen (secondary N) is 1. The van der Waals surface area contributed by atoms with Crippen LogP contribution in [0.15, 0.2) is 0 Å². The first kappa shape index (κ1) is 6.62. The summed E-state index contributed by atoms with van der Waals surface area (Å²) >= 11 is 0. The van der Waals surface area contributed by atoms with Crippen LogP contribution in [0.3, 0.4) is 0 Å². The molecule has 1 saturated heterocycles. The first-order valence-electron chi connectivity index (χ1n) is 4.16. The largest absolute Gasteiger partial charge is 0.377 e. The molecule has 2 fully saturated rings. The third kappa shape index (κ3) is 0.867. The van der Waals surface area contributed by atoms with Gasteiger partial charge in [-0.3, -0.25) is 0 Å². The van der Waals surface area contributed by atoms with E-state index < -0.39 is 0 Å². The number of hydrogen-bond donors (Lipinski definition) is 1. The van der Waals surface area contributed by atoms with E-state index >= 15 is 0 Å². The summed E-state index contributed by atoms with van der Waals surface area (Å²) in [5, 5.41) is 3.49. The Labute approximate surface area is 61.9 Å². The van der Waals surface area contributed by atoms with E-state index in [1.54, 1.807) is 0 Å². The fraction of sp³-hybridized carbons (Fsp3) is 1.00. The van der Waals surface area contributed by atoms with Crippen LogP contribution in [0.1, 0.15) is 25.7 Å². The molecule has 0 aromatic carbocycles. The smallest absolute Gasteiger partial charge is 0.0833 e. The molecule has 2 nitrogen and oxygen atoms in total. The lowest BCUT2D eigenvalue weighted by molar-refractivity contribution is 0.0515. The van der Waals surface area contributed by atoms with Gasteiger partial charge in [0.25, 0.3) is 0 Å². The Kier molecular flexibility index (Phi) is 1.46. The lowest BCUT2D eigenvalue weighted by Crippen LogP contribution is -2.37. The lowest BCUT2D eigenvalue weighted by Gasteiger charge is -2.20. The van der Waals surface area contributed by atoms with Crippen LogP contribution in [-0.4, -0.2) is 25.3 Å². The Morgan fingerprint density at radius 1 is 1.50 bits per heavy atom. The number of rotatable bonds is 2. The molecule has 1 saturated carbocycles. The molecule has 1 N–H and O–H groups in total. The molecule has 2 rings (SSSR count). The number of ether oxygens (including phenoxy) is 1. The summed E-state index contributed by atoms with van der Waals surface area (Å²) in [4.78, 5) is 0. The van der Waals surface area contributed by atoms with E-state index in [0.717, 1.165) is 0 Å². The summed E-state index contributed by atoms with van der Waals surface area (Å²) in [5.41, 5.74) is 0.260. The van der Waals surface area contributed by atoms with E-state index in [1.165, 1.54) is 32.2 Å². The van der Waals surface area contributed by atoms with E-state index in [2.05, 4.69) is 5.32 Å². The van der Waals surface area contributed by atoms with Crippen molar-refractivity contribution in [2.24, 2.45) is 0 Å². The second-order valence-electron chi connectivity index (χ2n) is 3.42. The maximum atomic E-state index is 5.47. The molecule has 1 aliphatic carbocycles. The normalized spacial score (nSPS) is 36.3. The van der Waals surface area contributed by atoms with Gasteiger partial charge in [0.2, 0.25) is 0 Å². The zero-order valence-electron chi connectivity index (χ0n) is 6.52. The highest BCUT2D eigenvalue weighted by Gasteiger charge is 2.50. The average Bonchev–Trinajstić information content (AvgIpc) is 2.58. The molecule has 1 atom stereocenters. The summed E-state index contributed by atoms with van der Waals surface area (Å²) in [7, 11) is 1.84. The van der Waals surface area contributed by atoms with Crippen LogP contribution in [0, 0.1) is 0 Å². The van der Waals surface area contributed by atoms with Crippen molar-refractivity contribution >= 4 is 0 Å². The minimum atomic E-state index is 0.260. The molecule has 0 radical (unpaired) electrons. The predicted molar refractivity (Wildman–Crippen MR) is 40.0 cm³/mol. The third-order valence-corrected chi connectivity index (χ3v) is 2.84. The Hall–Kier alpha value is -0.0800. The van der Waals surface area contributed by atoms with E-state index in [0.29, 0.717) is 6.04 Å². The van der Waals surface area contributed by atoms with Gasteiger partial charge in [0.1, 0.15) is 0 Å². The van der Waals surface area contributed by atoms with Crippen molar-refractivity contribution in [1.82, 2.24) is 5.32 Å². The SMILES string of the molecule is COC1([C@@H]2CCCN2)CC1. The van der Waals surface area contributed by atoms with Crippen LogP contribution in [0.2, 0.25) is 0 Å². The van der Waals surface area contributed by atoms with Crippen LogP contribution in [0.5, 0.6) is 0 Å². The second kappa shape index (κ2) is 2.21. The van der Waals surface area contributed by atoms with Gasteiger partial charge in [-0.2, -0.15) is 0 Å². The first-order valence-corrected chi connectivity index (χ1v) is 4.16. The van der Waals surface area contributed by atoms with Gasteiger partial charge in [0.15, 0.2) is 0 Å². The second-order valence-corrected chi connectivity index (χ2v) is 3.42. The highest BCUT2D eigenvalue weighted by atomic mass is 16.5. The van der Waals surface area contributed by atoms with E-state index in [-0.39, 0.29) is 5.60 Å². The number of hydrogen-bond acceptors (Lipinski definition) is 2. The van der Waals surface area contributed by atoms with Gasteiger partial charge >= 0.3 is 0 Å². The molecule has 0 spiro atoms. The maximum absolute atomic E-state index is 5.47. The van der Waals surface area contributed by atoms with Crippen LogP contribution in [-0.2, 0) is 4.74 Å². The minimum Gasteiger partial charge on any atom is -0.377 e. The van der Waals surface area contributed by atoms with Gasteiger partial charge < -0.3 is 10.1 Å². The lowest BCUT2D eigenvalue weighted by atomic mass is 10.1. The van der Waals surface area contributed by atoms with Gasteiger partial charge in [0, 0.05) is 13.2 Å². The molecule has 0 amide bonds. The van der Waals surface area contributed by atoms with Crippen molar-refractivity contribution in [3.63, 3.8) is 0 Å². The van der Waals surface area contributed by atoms with Crippen LogP contribution in [0.25, 0.3) is 0 Å². The Morgan fingerprint density at radius 3 is 2.70 bits per heavy atom. The third-order valence-electron chi connectivity index (χ3n) is 2.84. The van der Waals surface area contributed by atoms with Crippen molar-refractivity contribution in [2.45, 2.75) is 37.3 Å². The molecule has 2 heteroatoms. The molecule has 0 aromatic heterocycles. The van der Waals surface area contributed by atoms with Crippen LogP contribution >= 0.6 is 0 Å². The quantitative estimate of drug-likeness (QED) is 0.617. The van der Waals surface area contributed by atoms with Crippen molar-refractivity contribution < 1.29 is 4.74 Å². The zero-order chi connectivity index (χ0) is 7.03. The Bertz CT molecular complexity index is 125. The fourth-order valence-electron chi connectivity index (χ4n) is 1.95. The molecule has 10 heavy (non-hydrogen) atoms. The summed E-state index contributed by atoms with van der Waals surface area (Å²) in [6, 6.07) is 0.664. The van der Waals surface area contributed by atoms with E-state index in [9.17, 15) is 0 Å². The van der Waals surface area contributed by atoms with Crippen molar-refractivity contribution in [1.29, 1.82) is 0 Å². The highest BCUT2D eigenvalue weighted by Crippen LogP contribution is 2.44. The van der Waals surface area contributed by atoms with Crippen molar-refractivity contribution in [3.05, 3.63) is 0 Å². The molecule has 0 unspecified atom stereocenters. The van der Waals surface area contributed by atoms with Crippen LogP contribution < -0.4 is 5.32 Å². The average molecular weight is 141 g/mol. The van der Waals surface area contributed by atoms with E-state index in [1.807, 2.05) is 7.11 Å². The zero-order valence-corrected chi connectivity index (χ0v) is 6.52. The summed E-state index contributed by atoms with van der Waals surface area (Å²) < 4.78 is 5.47. The standard InChI is InChI=1S/C8H15NO/c1-10-8(4-5-8)7-3-2-6-9-7/h7,9H,2-6H2,1H3/t7-/m0/s1. The molecule has 0 aromatic rings. The maximum Gasteiger partial charge on any atom is 0.0833 e. The molecule has 1 heterocycles. The molecule has 1 aliphatic heterocycles. The van der Waals surface area contributed by atoms with Crippen molar-refractivity contribution in [2.75, 3.05) is 13.7 Å². The number of methoxy groups -OCH3 is 1. The van der Waals surface area contributed by atoms with Gasteiger partial charge in [-0.25, -0.2) is 0 Å². The Morgan fingerprint density at radius 2 is 2.30 bits per heavy atom. The van der Waals surface area contributed by atoms with Gasteiger partial charge in [-0.05, 0) is 32.2 Å². The van der Waals surface area contributed by atoms with E-state index in [4.69, 9.17) is 4.74 Å². The van der Waals surface area contributed by atoms with Gasteiger partial charge in [0.05, 0.1) is 5.60 Å². The first-order chi connectivity index (χ1) is 4.87. The molecular formula is C8H15NO. The minimum absolute atomic E-state index is 0.260. The molecular weight excluding hydrogens is 126 g/mol. The molecule has 0 bridgehead atoms. The van der Waals surface area contributed by atoms with Crippen molar-refractivity contribution in [3.8, 4) is 0 Å². The van der Waals surface area contributed by atoms with Gasteiger partial charge in [-0.1, -0.05) is 0 Å². The summed E-state index contributed by atoms with van der Waals surface area (Å²) in [6.45, 7) is 1.19. The summed E-state index contributed by atoms with van der Waals surface area (Å²) in [6.07, 6.45) is 5.17. The highest BCUT2D eigenvalue weighted by molar-refractivity contribution is 5.06. The summed E-state index contributed by atoms with van der Waals surface area (Å²) in [5.74, 6) is 0. The fourth-order valence-corrected chi connectivity index (χ4v) is 1.95. The monoisotopic (exact) mass is 141 g/mol. The molecule has 58 valence electrons. The topological polar surface area (TPSA) is 21.3 Å². The predicted octanol–water partition coefficient (Wildman–Crippen LogP) is 0.917. The van der Waals surface area contributed by atoms with Crippen LogP contribution in [0.4, 0.5) is 0 Å². The molecule has 2 aliphatic rings. The Balaban J connectivity index is 1.96. The van der Waals surface area contributed by atoms with Gasteiger partial charge in [-0.15, -0.1) is 0 Å².